The van der Waals surface area contributed by atoms with Gasteiger partial charge in [-0.1, -0.05) is 38.1 Å². The minimum atomic E-state index is -0.131. The Morgan fingerprint density at radius 3 is 2.25 bits per heavy atom. The van der Waals surface area contributed by atoms with Crippen molar-refractivity contribution in [3.8, 4) is 0 Å². The van der Waals surface area contributed by atoms with Crippen LogP contribution >= 0.6 is 0 Å². The van der Waals surface area contributed by atoms with Gasteiger partial charge in [0.2, 0.25) is 0 Å². The van der Waals surface area contributed by atoms with Crippen LogP contribution in [0.4, 0.5) is 0 Å². The Morgan fingerprint density at radius 1 is 1.15 bits per heavy atom. The molecule has 0 spiro atoms. The zero-order chi connectivity index (χ0) is 14.2. The van der Waals surface area contributed by atoms with E-state index >= 15 is 0 Å². The van der Waals surface area contributed by atoms with E-state index in [-0.39, 0.29) is 11.5 Å². The molecule has 2 aliphatic rings. The Balaban J connectivity index is 1.61. The molecule has 3 rings (SSSR count). The Kier molecular flexibility index (Phi) is 3.87. The van der Waals surface area contributed by atoms with Gasteiger partial charge < -0.3 is 10.0 Å². The van der Waals surface area contributed by atoms with Crippen molar-refractivity contribution in [1.29, 1.82) is 0 Å². The number of hydrogen-bond donors (Lipinski definition) is 1. The van der Waals surface area contributed by atoms with E-state index in [9.17, 15) is 5.11 Å². The minimum absolute atomic E-state index is 0.111. The maximum atomic E-state index is 10.5. The average Bonchev–Trinajstić information content (AvgIpc) is 2.63. The highest BCUT2D eigenvalue weighted by Crippen LogP contribution is 2.41. The van der Waals surface area contributed by atoms with Gasteiger partial charge in [-0.15, -0.1) is 0 Å². The van der Waals surface area contributed by atoms with Crippen molar-refractivity contribution in [3.05, 3.63) is 35.4 Å². The Bertz CT molecular complexity index is 441. The quantitative estimate of drug-likeness (QED) is 0.895. The van der Waals surface area contributed by atoms with Gasteiger partial charge in [-0.3, -0.25) is 0 Å². The molecule has 1 heterocycles. The normalized spacial score (nSPS) is 29.9. The van der Waals surface area contributed by atoms with Gasteiger partial charge in [0.25, 0.3) is 0 Å². The highest BCUT2D eigenvalue weighted by molar-refractivity contribution is 5.28. The van der Waals surface area contributed by atoms with Gasteiger partial charge >= 0.3 is 0 Å². The summed E-state index contributed by atoms with van der Waals surface area (Å²) in [6, 6.07) is 8.84. The molecule has 1 aromatic carbocycles. The lowest BCUT2D eigenvalue weighted by Crippen LogP contribution is -2.37. The molecule has 0 radical (unpaired) electrons. The van der Waals surface area contributed by atoms with Gasteiger partial charge in [0.15, 0.2) is 0 Å². The molecule has 110 valence electrons. The fraction of sp³-hybridized carbons (Fsp3) is 0.667. The lowest BCUT2D eigenvalue weighted by Gasteiger charge is -2.29. The van der Waals surface area contributed by atoms with Crippen molar-refractivity contribution in [3.63, 3.8) is 0 Å². The van der Waals surface area contributed by atoms with Crippen molar-refractivity contribution in [1.82, 2.24) is 4.90 Å². The van der Waals surface area contributed by atoms with Crippen molar-refractivity contribution in [2.24, 2.45) is 11.3 Å². The predicted molar refractivity (Wildman–Crippen MR) is 82.8 cm³/mol. The first-order valence-electron chi connectivity index (χ1n) is 8.03. The second-order valence-electron chi connectivity index (χ2n) is 7.30. The largest absolute Gasteiger partial charge is 0.392 e. The first-order chi connectivity index (χ1) is 9.56. The molecule has 2 nitrogen and oxygen atoms in total. The number of fused-ring (bicyclic) bond motifs is 1. The van der Waals surface area contributed by atoms with Crippen LogP contribution in [0.2, 0.25) is 0 Å². The Hall–Kier alpha value is -0.860. The van der Waals surface area contributed by atoms with Crippen LogP contribution in [0.25, 0.3) is 0 Å². The molecule has 1 N–H and O–H groups in total. The van der Waals surface area contributed by atoms with Crippen molar-refractivity contribution < 1.29 is 5.11 Å². The van der Waals surface area contributed by atoms with E-state index in [4.69, 9.17) is 0 Å². The van der Waals surface area contributed by atoms with Crippen LogP contribution < -0.4 is 0 Å². The molecule has 1 aromatic rings. The van der Waals surface area contributed by atoms with Crippen LogP contribution in [0.5, 0.6) is 0 Å². The van der Waals surface area contributed by atoms with Crippen LogP contribution in [0.15, 0.2) is 24.3 Å². The lowest BCUT2D eigenvalue weighted by molar-refractivity contribution is 0.0331. The highest BCUT2D eigenvalue weighted by Gasteiger charge is 2.41. The van der Waals surface area contributed by atoms with E-state index in [1.807, 2.05) is 0 Å². The maximum absolute atomic E-state index is 10.5. The molecule has 2 heteroatoms. The number of rotatable bonds is 2. The van der Waals surface area contributed by atoms with Gasteiger partial charge in [0.05, 0.1) is 6.10 Å². The van der Waals surface area contributed by atoms with Gasteiger partial charge in [0, 0.05) is 19.6 Å². The molecular formula is C18H27NO. The molecule has 1 saturated carbocycles. The summed E-state index contributed by atoms with van der Waals surface area (Å²) in [6.45, 7) is 7.76. The van der Waals surface area contributed by atoms with E-state index in [2.05, 4.69) is 43.0 Å². The smallest absolute Gasteiger partial charge is 0.0631 e. The number of aliphatic hydroxyl groups is 1. The predicted octanol–water partition coefficient (Wildman–Crippen LogP) is 2.88. The summed E-state index contributed by atoms with van der Waals surface area (Å²) in [7, 11) is 0. The Morgan fingerprint density at radius 2 is 1.75 bits per heavy atom. The van der Waals surface area contributed by atoms with Crippen LogP contribution in [0, 0.1) is 11.3 Å². The van der Waals surface area contributed by atoms with E-state index in [0.29, 0.717) is 5.92 Å². The topological polar surface area (TPSA) is 23.5 Å². The van der Waals surface area contributed by atoms with Crippen molar-refractivity contribution >= 4 is 0 Å². The fourth-order valence-electron chi connectivity index (χ4n) is 3.92. The Labute approximate surface area is 122 Å². The standard InChI is InChI=1S/C18H27NO/c1-18(2)10-7-16(17(18)20)13-19-11-8-14-5-3-4-6-15(14)9-12-19/h3-6,16-17,20H,7-13H2,1-2H3. The summed E-state index contributed by atoms with van der Waals surface area (Å²) in [5.41, 5.74) is 3.14. The van der Waals surface area contributed by atoms with Crippen molar-refractivity contribution in [2.45, 2.75) is 45.6 Å². The number of nitrogens with zero attached hydrogens (tertiary/aromatic N) is 1. The molecule has 2 atom stereocenters. The minimum Gasteiger partial charge on any atom is -0.392 e. The average molecular weight is 273 g/mol. The van der Waals surface area contributed by atoms with Gasteiger partial charge in [-0.05, 0) is 48.1 Å². The second-order valence-corrected chi connectivity index (χ2v) is 7.30. The fourth-order valence-corrected chi connectivity index (χ4v) is 3.92. The third kappa shape index (κ3) is 2.77. The van der Waals surface area contributed by atoms with Gasteiger partial charge in [-0.2, -0.15) is 0 Å². The molecule has 0 amide bonds. The monoisotopic (exact) mass is 273 g/mol. The molecule has 1 aliphatic heterocycles. The molecule has 1 fully saturated rings. The summed E-state index contributed by atoms with van der Waals surface area (Å²) in [6.07, 6.45) is 4.52. The molecule has 1 aliphatic carbocycles. The molecule has 0 aromatic heterocycles. The zero-order valence-electron chi connectivity index (χ0n) is 12.8. The number of aliphatic hydroxyl groups excluding tert-OH is 1. The number of hydrogen-bond acceptors (Lipinski definition) is 2. The van der Waals surface area contributed by atoms with E-state index in [1.54, 1.807) is 0 Å². The van der Waals surface area contributed by atoms with Gasteiger partial charge in [-0.25, -0.2) is 0 Å². The van der Waals surface area contributed by atoms with E-state index in [1.165, 1.54) is 17.5 Å². The maximum Gasteiger partial charge on any atom is 0.0631 e. The third-order valence-corrected chi connectivity index (χ3v) is 5.41. The molecule has 2 unspecified atom stereocenters. The zero-order valence-corrected chi connectivity index (χ0v) is 12.8. The molecule has 20 heavy (non-hydrogen) atoms. The molecule has 0 saturated heterocycles. The summed E-state index contributed by atoms with van der Waals surface area (Å²) >= 11 is 0. The number of benzene rings is 1. The van der Waals surface area contributed by atoms with Crippen LogP contribution in [-0.2, 0) is 12.8 Å². The van der Waals surface area contributed by atoms with E-state index < -0.39 is 0 Å². The van der Waals surface area contributed by atoms with Crippen LogP contribution in [0.1, 0.15) is 37.8 Å². The summed E-state index contributed by atoms with van der Waals surface area (Å²) in [5.74, 6) is 0.464. The summed E-state index contributed by atoms with van der Waals surface area (Å²) < 4.78 is 0. The first kappa shape index (κ1) is 14.1. The highest BCUT2D eigenvalue weighted by atomic mass is 16.3. The van der Waals surface area contributed by atoms with Crippen LogP contribution in [0.3, 0.4) is 0 Å². The van der Waals surface area contributed by atoms with Crippen LogP contribution in [-0.4, -0.2) is 35.7 Å². The SMILES string of the molecule is CC1(C)CCC(CN2CCc3ccccc3CC2)C1O. The first-order valence-corrected chi connectivity index (χ1v) is 8.03. The van der Waals surface area contributed by atoms with E-state index in [0.717, 1.165) is 38.9 Å². The summed E-state index contributed by atoms with van der Waals surface area (Å²) in [4.78, 5) is 2.56. The third-order valence-electron chi connectivity index (χ3n) is 5.41. The van der Waals surface area contributed by atoms with Crippen molar-refractivity contribution in [2.75, 3.05) is 19.6 Å². The lowest BCUT2D eigenvalue weighted by atomic mass is 9.87. The molecule has 0 bridgehead atoms. The van der Waals surface area contributed by atoms with Gasteiger partial charge in [0.1, 0.15) is 0 Å². The summed E-state index contributed by atoms with van der Waals surface area (Å²) in [5, 5.41) is 10.5. The second kappa shape index (κ2) is 5.50. The molecular weight excluding hydrogens is 246 g/mol.